The monoisotopic (exact) mass is 358 g/mol. The third-order valence-corrected chi connectivity index (χ3v) is 4.30. The average molecular weight is 359 g/mol. The molecule has 0 atom stereocenters. The number of halogens is 1. The van der Waals surface area contributed by atoms with Gasteiger partial charge in [-0.15, -0.1) is 0 Å². The van der Waals surface area contributed by atoms with Crippen molar-refractivity contribution in [1.82, 2.24) is 5.32 Å². The molecule has 0 bridgehead atoms. The molecule has 0 spiro atoms. The molecule has 1 saturated heterocycles. The molecule has 7 heteroatoms. The van der Waals surface area contributed by atoms with Gasteiger partial charge in [0.15, 0.2) is 5.17 Å². The predicted octanol–water partition coefficient (Wildman–Crippen LogP) is 3.45. The van der Waals surface area contributed by atoms with Gasteiger partial charge in [-0.3, -0.25) is 9.59 Å². The molecule has 3 rings (SSSR count). The summed E-state index contributed by atoms with van der Waals surface area (Å²) in [5.74, 6) is -0.632. The van der Waals surface area contributed by atoms with Crippen LogP contribution in [0.1, 0.15) is 15.9 Å². The first-order valence-corrected chi connectivity index (χ1v) is 8.09. The van der Waals surface area contributed by atoms with Gasteiger partial charge in [0.2, 0.25) is 0 Å². The Morgan fingerprint density at radius 1 is 1.12 bits per heavy atom. The Bertz CT molecular complexity index is 858. The van der Waals surface area contributed by atoms with E-state index in [0.29, 0.717) is 15.5 Å². The van der Waals surface area contributed by atoms with Gasteiger partial charge in [-0.05, 0) is 59.8 Å². The first kappa shape index (κ1) is 16.3. The molecule has 2 aromatic rings. The highest BCUT2D eigenvalue weighted by Gasteiger charge is 2.24. The lowest BCUT2D eigenvalue weighted by atomic mass is 10.2. The fraction of sp³-hybridized carbons (Fsp3) is 0. The maximum atomic E-state index is 12.1. The molecule has 2 amide bonds. The summed E-state index contributed by atoms with van der Waals surface area (Å²) >= 11 is 6.87. The first-order chi connectivity index (χ1) is 11.5. The van der Waals surface area contributed by atoms with Crippen LogP contribution in [0.3, 0.4) is 0 Å². The minimum atomic E-state index is -0.458. The third-order valence-electron chi connectivity index (χ3n) is 3.14. The summed E-state index contributed by atoms with van der Waals surface area (Å²) in [5, 5.41) is 12.6. The molecule has 120 valence electrons. The maximum absolute atomic E-state index is 12.1. The number of carbonyl (C=O) groups is 2. The summed E-state index contributed by atoms with van der Waals surface area (Å²) in [4.78, 5) is 28.4. The van der Waals surface area contributed by atoms with Crippen LogP contribution in [0.25, 0.3) is 6.08 Å². The molecule has 24 heavy (non-hydrogen) atoms. The van der Waals surface area contributed by atoms with Crippen molar-refractivity contribution in [1.29, 1.82) is 0 Å². The number of aromatic hydroxyl groups is 1. The Morgan fingerprint density at radius 3 is 2.46 bits per heavy atom. The zero-order valence-electron chi connectivity index (χ0n) is 12.2. The second-order valence-electron chi connectivity index (χ2n) is 4.89. The third kappa shape index (κ3) is 3.84. The number of carbonyl (C=O) groups excluding carboxylic acids is 2. The molecule has 2 N–H and O–H groups in total. The molecule has 0 aliphatic carbocycles. The Kier molecular flexibility index (Phi) is 4.69. The molecular formula is C17H11ClN2O3S. The number of nitrogens with zero attached hydrogens (tertiary/aromatic N) is 1. The van der Waals surface area contributed by atoms with Gasteiger partial charge < -0.3 is 10.4 Å². The van der Waals surface area contributed by atoms with Crippen molar-refractivity contribution in [2.45, 2.75) is 0 Å². The van der Waals surface area contributed by atoms with Gasteiger partial charge in [0.1, 0.15) is 5.75 Å². The van der Waals surface area contributed by atoms with Crippen LogP contribution < -0.4 is 5.32 Å². The number of amides is 2. The largest absolute Gasteiger partial charge is 0.508 e. The first-order valence-electron chi connectivity index (χ1n) is 6.90. The number of phenols is 1. The molecule has 0 aromatic heterocycles. The smallest absolute Gasteiger partial charge is 0.279 e. The van der Waals surface area contributed by atoms with Crippen molar-refractivity contribution in [2.75, 3.05) is 0 Å². The fourth-order valence-electron chi connectivity index (χ4n) is 1.95. The highest BCUT2D eigenvalue weighted by atomic mass is 35.5. The minimum Gasteiger partial charge on any atom is -0.508 e. The van der Waals surface area contributed by atoms with E-state index in [4.69, 9.17) is 11.6 Å². The van der Waals surface area contributed by atoms with Crippen LogP contribution in [0.2, 0.25) is 5.02 Å². The van der Waals surface area contributed by atoms with Crippen LogP contribution in [0.4, 0.5) is 0 Å². The van der Waals surface area contributed by atoms with E-state index in [1.807, 2.05) is 0 Å². The Labute approximate surface area is 147 Å². The Balaban J connectivity index is 1.77. The molecule has 1 heterocycles. The van der Waals surface area contributed by atoms with Gasteiger partial charge in [-0.1, -0.05) is 23.7 Å². The number of benzene rings is 2. The SMILES string of the molecule is O=C1NC(=NC(=O)c2ccc(Cl)cc2)S/C1=C\c1ccc(O)cc1. The van der Waals surface area contributed by atoms with Crippen molar-refractivity contribution < 1.29 is 14.7 Å². The number of thioether (sulfide) groups is 1. The second-order valence-corrected chi connectivity index (χ2v) is 6.35. The number of nitrogens with one attached hydrogen (secondary N) is 1. The minimum absolute atomic E-state index is 0.150. The Morgan fingerprint density at radius 2 is 1.79 bits per heavy atom. The van der Waals surface area contributed by atoms with Crippen molar-refractivity contribution >= 4 is 46.4 Å². The van der Waals surface area contributed by atoms with Crippen LogP contribution in [-0.2, 0) is 4.79 Å². The number of hydrogen-bond donors (Lipinski definition) is 2. The average Bonchev–Trinajstić information content (AvgIpc) is 2.89. The van der Waals surface area contributed by atoms with Gasteiger partial charge in [0, 0.05) is 10.6 Å². The van der Waals surface area contributed by atoms with Gasteiger partial charge >= 0.3 is 0 Å². The van der Waals surface area contributed by atoms with E-state index in [-0.39, 0.29) is 16.8 Å². The standard InChI is InChI=1S/C17H11ClN2O3S/c18-12-5-3-11(4-6-12)15(22)19-17-20-16(23)14(24-17)9-10-1-7-13(21)8-2-10/h1-9,21H,(H,19,20,22,23)/b14-9-. The highest BCUT2D eigenvalue weighted by molar-refractivity contribution is 8.18. The van der Waals surface area contributed by atoms with Crippen LogP contribution >= 0.6 is 23.4 Å². The van der Waals surface area contributed by atoms with E-state index in [1.165, 1.54) is 12.1 Å². The summed E-state index contributed by atoms with van der Waals surface area (Å²) in [6.45, 7) is 0. The van der Waals surface area contributed by atoms with E-state index < -0.39 is 5.91 Å². The summed E-state index contributed by atoms with van der Waals surface area (Å²) in [6.07, 6.45) is 1.66. The number of rotatable bonds is 2. The second kappa shape index (κ2) is 6.90. The summed E-state index contributed by atoms with van der Waals surface area (Å²) in [7, 11) is 0. The molecule has 1 aliphatic heterocycles. The molecule has 1 fully saturated rings. The van der Waals surface area contributed by atoms with E-state index in [0.717, 1.165) is 17.3 Å². The summed E-state index contributed by atoms with van der Waals surface area (Å²) in [6, 6.07) is 12.8. The molecule has 0 saturated carbocycles. The summed E-state index contributed by atoms with van der Waals surface area (Å²) < 4.78 is 0. The van der Waals surface area contributed by atoms with Crippen molar-refractivity contribution in [3.63, 3.8) is 0 Å². The molecule has 0 unspecified atom stereocenters. The maximum Gasteiger partial charge on any atom is 0.279 e. The zero-order valence-corrected chi connectivity index (χ0v) is 13.8. The normalized spacial score (nSPS) is 17.3. The molecule has 5 nitrogen and oxygen atoms in total. The van der Waals surface area contributed by atoms with Crippen LogP contribution in [0.5, 0.6) is 5.75 Å². The van der Waals surface area contributed by atoms with Gasteiger partial charge in [-0.25, -0.2) is 0 Å². The van der Waals surface area contributed by atoms with Gasteiger partial charge in [-0.2, -0.15) is 4.99 Å². The van der Waals surface area contributed by atoms with E-state index >= 15 is 0 Å². The van der Waals surface area contributed by atoms with E-state index in [9.17, 15) is 14.7 Å². The van der Waals surface area contributed by atoms with Crippen molar-refractivity contribution in [3.05, 3.63) is 69.6 Å². The van der Waals surface area contributed by atoms with Crippen molar-refractivity contribution in [2.24, 2.45) is 4.99 Å². The van der Waals surface area contributed by atoms with Gasteiger partial charge in [0.05, 0.1) is 4.91 Å². The summed E-state index contributed by atoms with van der Waals surface area (Å²) in [5.41, 5.74) is 1.15. The number of phenolic OH excluding ortho intramolecular Hbond substituents is 1. The lowest BCUT2D eigenvalue weighted by molar-refractivity contribution is -0.115. The zero-order chi connectivity index (χ0) is 17.1. The molecular weight excluding hydrogens is 348 g/mol. The molecule has 1 aliphatic rings. The number of aliphatic imine (C=N–C) groups is 1. The quantitative estimate of drug-likeness (QED) is 0.806. The topological polar surface area (TPSA) is 78.8 Å². The molecule has 2 aromatic carbocycles. The molecule has 0 radical (unpaired) electrons. The highest BCUT2D eigenvalue weighted by Crippen LogP contribution is 2.26. The van der Waals surface area contributed by atoms with E-state index in [2.05, 4.69) is 10.3 Å². The lowest BCUT2D eigenvalue weighted by Gasteiger charge is -1.97. The Hall–Kier alpha value is -2.57. The van der Waals surface area contributed by atoms with Crippen LogP contribution in [-0.4, -0.2) is 22.1 Å². The number of amidine groups is 1. The van der Waals surface area contributed by atoms with Crippen LogP contribution in [0.15, 0.2) is 58.4 Å². The fourth-order valence-corrected chi connectivity index (χ4v) is 2.90. The predicted molar refractivity (Wildman–Crippen MR) is 95.0 cm³/mol. The van der Waals surface area contributed by atoms with Crippen molar-refractivity contribution in [3.8, 4) is 5.75 Å². The lowest BCUT2D eigenvalue weighted by Crippen LogP contribution is -2.20. The number of hydrogen-bond acceptors (Lipinski definition) is 4. The van der Waals surface area contributed by atoms with E-state index in [1.54, 1.807) is 42.5 Å². The van der Waals surface area contributed by atoms with Crippen LogP contribution in [0, 0.1) is 0 Å². The van der Waals surface area contributed by atoms with Gasteiger partial charge in [0.25, 0.3) is 11.8 Å².